The van der Waals surface area contributed by atoms with E-state index in [0.717, 1.165) is 53.3 Å². The van der Waals surface area contributed by atoms with Crippen molar-refractivity contribution in [2.45, 2.75) is 33.1 Å². The van der Waals surface area contributed by atoms with E-state index in [1.807, 2.05) is 50.2 Å². The predicted octanol–water partition coefficient (Wildman–Crippen LogP) is 4.10. The van der Waals surface area contributed by atoms with Crippen LogP contribution in [0.5, 0.6) is 11.5 Å². The molecule has 0 spiro atoms. The Balaban J connectivity index is 1.61. The number of ether oxygens (including phenoxy) is 2. The van der Waals surface area contributed by atoms with Crippen molar-refractivity contribution in [3.05, 3.63) is 47.5 Å². The SMILES string of the molecule is Cc1cc(OCCCCCOc2cccc(C)c2N)ccc1N. The molecule has 2 rings (SSSR count). The first-order valence-corrected chi connectivity index (χ1v) is 8.04. The van der Waals surface area contributed by atoms with E-state index < -0.39 is 0 Å². The van der Waals surface area contributed by atoms with Crippen LogP contribution in [0.1, 0.15) is 30.4 Å². The minimum atomic E-state index is 0.675. The van der Waals surface area contributed by atoms with Gasteiger partial charge in [0.2, 0.25) is 0 Å². The molecule has 0 bridgehead atoms. The molecular formula is C19H26N2O2. The van der Waals surface area contributed by atoms with E-state index in [4.69, 9.17) is 20.9 Å². The maximum Gasteiger partial charge on any atom is 0.142 e. The fraction of sp³-hybridized carbons (Fsp3) is 0.368. The summed E-state index contributed by atoms with van der Waals surface area (Å²) in [4.78, 5) is 0. The first-order valence-electron chi connectivity index (χ1n) is 8.04. The number of rotatable bonds is 8. The molecule has 0 saturated heterocycles. The highest BCUT2D eigenvalue weighted by atomic mass is 16.5. The van der Waals surface area contributed by atoms with Crippen molar-refractivity contribution < 1.29 is 9.47 Å². The number of aryl methyl sites for hydroxylation is 2. The van der Waals surface area contributed by atoms with E-state index in [2.05, 4.69) is 0 Å². The number of nitrogens with two attached hydrogens (primary N) is 2. The van der Waals surface area contributed by atoms with E-state index >= 15 is 0 Å². The molecule has 0 saturated carbocycles. The Bertz CT molecular complexity index is 641. The topological polar surface area (TPSA) is 70.5 Å². The first-order chi connectivity index (χ1) is 11.1. The Morgan fingerprint density at radius 1 is 0.826 bits per heavy atom. The molecule has 4 N–H and O–H groups in total. The van der Waals surface area contributed by atoms with Gasteiger partial charge in [-0.3, -0.25) is 0 Å². The van der Waals surface area contributed by atoms with E-state index in [1.165, 1.54) is 0 Å². The molecule has 23 heavy (non-hydrogen) atoms. The van der Waals surface area contributed by atoms with E-state index in [1.54, 1.807) is 0 Å². The minimum absolute atomic E-state index is 0.675. The van der Waals surface area contributed by atoms with Gasteiger partial charge in [0.15, 0.2) is 0 Å². The van der Waals surface area contributed by atoms with Gasteiger partial charge < -0.3 is 20.9 Å². The normalized spacial score (nSPS) is 10.5. The summed E-state index contributed by atoms with van der Waals surface area (Å²) in [6, 6.07) is 11.6. The van der Waals surface area contributed by atoms with Crippen LogP contribution in [0.2, 0.25) is 0 Å². The molecule has 0 amide bonds. The lowest BCUT2D eigenvalue weighted by Gasteiger charge is -2.11. The molecule has 124 valence electrons. The van der Waals surface area contributed by atoms with E-state index in [-0.39, 0.29) is 0 Å². The highest BCUT2D eigenvalue weighted by Gasteiger charge is 2.02. The summed E-state index contributed by atoms with van der Waals surface area (Å²) in [6.07, 6.45) is 3.03. The zero-order chi connectivity index (χ0) is 16.7. The Morgan fingerprint density at radius 3 is 2.30 bits per heavy atom. The van der Waals surface area contributed by atoms with Gasteiger partial charge in [-0.1, -0.05) is 12.1 Å². The predicted molar refractivity (Wildman–Crippen MR) is 96.0 cm³/mol. The van der Waals surface area contributed by atoms with E-state index in [0.29, 0.717) is 13.2 Å². The zero-order valence-corrected chi connectivity index (χ0v) is 14.0. The van der Waals surface area contributed by atoms with Gasteiger partial charge >= 0.3 is 0 Å². The van der Waals surface area contributed by atoms with E-state index in [9.17, 15) is 0 Å². The third-order valence-electron chi connectivity index (χ3n) is 3.84. The summed E-state index contributed by atoms with van der Waals surface area (Å²) < 4.78 is 11.5. The quantitative estimate of drug-likeness (QED) is 0.568. The summed E-state index contributed by atoms with van der Waals surface area (Å²) in [5.74, 6) is 1.65. The molecule has 0 unspecified atom stereocenters. The third kappa shape index (κ3) is 5.09. The number of hydrogen-bond donors (Lipinski definition) is 2. The summed E-state index contributed by atoms with van der Waals surface area (Å²) in [7, 11) is 0. The summed E-state index contributed by atoms with van der Waals surface area (Å²) in [5.41, 5.74) is 15.4. The minimum Gasteiger partial charge on any atom is -0.494 e. The standard InChI is InChI=1S/C19H26N2O2/c1-14-7-6-8-18(19(14)21)23-12-5-3-4-11-22-16-9-10-17(20)15(2)13-16/h6-10,13H,3-5,11-12,20-21H2,1-2H3. The van der Waals surface area contributed by atoms with Crippen molar-refractivity contribution in [1.82, 2.24) is 0 Å². The lowest BCUT2D eigenvalue weighted by molar-refractivity contribution is 0.280. The Morgan fingerprint density at radius 2 is 1.57 bits per heavy atom. The van der Waals surface area contributed by atoms with Crippen molar-refractivity contribution in [3.63, 3.8) is 0 Å². The van der Waals surface area contributed by atoms with Gasteiger partial charge in [0.25, 0.3) is 0 Å². The summed E-state index contributed by atoms with van der Waals surface area (Å²) >= 11 is 0. The lowest BCUT2D eigenvalue weighted by atomic mass is 10.2. The van der Waals surface area contributed by atoms with Gasteiger partial charge in [-0.2, -0.15) is 0 Å². The van der Waals surface area contributed by atoms with Crippen LogP contribution in [0.3, 0.4) is 0 Å². The smallest absolute Gasteiger partial charge is 0.142 e. The van der Waals surface area contributed by atoms with Crippen molar-refractivity contribution in [3.8, 4) is 11.5 Å². The molecule has 0 aliphatic heterocycles. The number of hydrogen-bond acceptors (Lipinski definition) is 4. The van der Waals surface area contributed by atoms with Gasteiger partial charge in [-0.25, -0.2) is 0 Å². The van der Waals surface area contributed by atoms with Gasteiger partial charge in [0.1, 0.15) is 11.5 Å². The molecule has 0 aliphatic carbocycles. The van der Waals surface area contributed by atoms with Gasteiger partial charge in [-0.15, -0.1) is 0 Å². The van der Waals surface area contributed by atoms with Crippen molar-refractivity contribution >= 4 is 11.4 Å². The van der Waals surface area contributed by atoms with Crippen molar-refractivity contribution in [1.29, 1.82) is 0 Å². The van der Waals surface area contributed by atoms with Crippen LogP contribution in [0.25, 0.3) is 0 Å². The Hall–Kier alpha value is -2.36. The monoisotopic (exact) mass is 314 g/mol. The van der Waals surface area contributed by atoms with Gasteiger partial charge in [-0.05, 0) is 68.5 Å². The molecule has 0 aliphatic rings. The molecule has 0 radical (unpaired) electrons. The number of nitrogen functional groups attached to an aromatic ring is 2. The molecule has 4 nitrogen and oxygen atoms in total. The lowest BCUT2D eigenvalue weighted by Crippen LogP contribution is -2.03. The first kappa shape index (κ1) is 17.0. The molecule has 0 atom stereocenters. The molecule has 2 aromatic rings. The van der Waals surface area contributed by atoms with Crippen LogP contribution in [0.15, 0.2) is 36.4 Å². The second-order valence-corrected chi connectivity index (χ2v) is 5.76. The summed E-state index contributed by atoms with van der Waals surface area (Å²) in [6.45, 7) is 5.35. The van der Waals surface area contributed by atoms with Gasteiger partial charge in [0, 0.05) is 5.69 Å². The van der Waals surface area contributed by atoms with Crippen LogP contribution in [0.4, 0.5) is 11.4 Å². The fourth-order valence-corrected chi connectivity index (χ4v) is 2.27. The second-order valence-electron chi connectivity index (χ2n) is 5.76. The number of anilines is 2. The van der Waals surface area contributed by atoms with Crippen LogP contribution >= 0.6 is 0 Å². The molecular weight excluding hydrogens is 288 g/mol. The fourth-order valence-electron chi connectivity index (χ4n) is 2.27. The number of para-hydroxylation sites is 1. The van der Waals surface area contributed by atoms with Crippen LogP contribution in [-0.4, -0.2) is 13.2 Å². The van der Waals surface area contributed by atoms with Crippen LogP contribution in [-0.2, 0) is 0 Å². The Kier molecular flexibility index (Phi) is 6.15. The Labute approximate surface area is 138 Å². The van der Waals surface area contributed by atoms with Crippen LogP contribution in [0, 0.1) is 13.8 Å². The highest BCUT2D eigenvalue weighted by Crippen LogP contribution is 2.24. The molecule has 0 heterocycles. The average molecular weight is 314 g/mol. The average Bonchev–Trinajstić information content (AvgIpc) is 2.53. The largest absolute Gasteiger partial charge is 0.494 e. The van der Waals surface area contributed by atoms with Crippen molar-refractivity contribution in [2.24, 2.45) is 0 Å². The van der Waals surface area contributed by atoms with Crippen LogP contribution < -0.4 is 20.9 Å². The molecule has 0 aromatic heterocycles. The maximum atomic E-state index is 5.98. The number of unbranched alkanes of at least 4 members (excludes halogenated alkanes) is 2. The van der Waals surface area contributed by atoms with Gasteiger partial charge in [0.05, 0.1) is 18.9 Å². The summed E-state index contributed by atoms with van der Waals surface area (Å²) in [5, 5.41) is 0. The molecule has 4 heteroatoms. The zero-order valence-electron chi connectivity index (χ0n) is 14.0. The maximum absolute atomic E-state index is 5.98. The second kappa shape index (κ2) is 8.32. The number of benzene rings is 2. The highest BCUT2D eigenvalue weighted by molar-refractivity contribution is 5.57. The molecule has 2 aromatic carbocycles. The third-order valence-corrected chi connectivity index (χ3v) is 3.84. The van der Waals surface area contributed by atoms with Crippen molar-refractivity contribution in [2.75, 3.05) is 24.7 Å². The molecule has 0 fully saturated rings.